The molecule has 16 heavy (non-hydrogen) atoms. The van der Waals surface area contributed by atoms with Crippen LogP contribution in [0.1, 0.15) is 0 Å². The van der Waals surface area contributed by atoms with Crippen LogP contribution in [0, 0.1) is 5.82 Å². The van der Waals surface area contributed by atoms with Crippen LogP contribution in [0.15, 0.2) is 24.3 Å². The number of nitrogens with two attached hydrogens (primary N) is 1. The molecule has 0 aliphatic heterocycles. The van der Waals surface area contributed by atoms with Crippen molar-refractivity contribution in [1.29, 1.82) is 0 Å². The molecule has 1 aromatic carbocycles. The van der Waals surface area contributed by atoms with Crippen molar-refractivity contribution in [1.82, 2.24) is 0 Å². The smallest absolute Gasteiger partial charge is 0.234 e. The van der Waals surface area contributed by atoms with E-state index in [1.54, 1.807) is 12.1 Å². The van der Waals surface area contributed by atoms with Gasteiger partial charge in [0, 0.05) is 5.75 Å². The molecule has 0 saturated carbocycles. The van der Waals surface area contributed by atoms with E-state index in [0.717, 1.165) is 0 Å². The molecule has 0 radical (unpaired) electrons. The van der Waals surface area contributed by atoms with E-state index in [4.69, 9.17) is 5.73 Å². The topological polar surface area (TPSA) is 55.1 Å². The summed E-state index contributed by atoms with van der Waals surface area (Å²) < 4.78 is 13.1. The fraction of sp³-hybridized carbons (Fsp3) is 0.200. The molecule has 0 saturated heterocycles. The summed E-state index contributed by atoms with van der Waals surface area (Å²) >= 11 is 5.96. The molecule has 0 unspecified atom stereocenters. The van der Waals surface area contributed by atoms with E-state index in [-0.39, 0.29) is 17.3 Å². The van der Waals surface area contributed by atoms with Crippen LogP contribution in [0.3, 0.4) is 0 Å². The number of para-hydroxylation sites is 1. The van der Waals surface area contributed by atoms with Gasteiger partial charge in [-0.05, 0) is 12.1 Å². The van der Waals surface area contributed by atoms with Crippen LogP contribution in [0.2, 0.25) is 0 Å². The van der Waals surface area contributed by atoms with Gasteiger partial charge in [-0.2, -0.15) is 0 Å². The minimum atomic E-state index is -0.449. The molecule has 0 bridgehead atoms. The van der Waals surface area contributed by atoms with Crippen molar-refractivity contribution < 1.29 is 9.18 Å². The highest BCUT2D eigenvalue weighted by Crippen LogP contribution is 2.12. The van der Waals surface area contributed by atoms with E-state index in [2.05, 4.69) is 17.5 Å². The monoisotopic (exact) mass is 258 g/mol. The van der Waals surface area contributed by atoms with Crippen molar-refractivity contribution in [3.05, 3.63) is 30.1 Å². The molecule has 0 aliphatic carbocycles. The Kier molecular flexibility index (Phi) is 5.21. The van der Waals surface area contributed by atoms with Gasteiger partial charge in [0.25, 0.3) is 0 Å². The Morgan fingerprint density at radius 3 is 2.75 bits per heavy atom. The van der Waals surface area contributed by atoms with Crippen molar-refractivity contribution in [3.8, 4) is 0 Å². The van der Waals surface area contributed by atoms with Crippen LogP contribution in [-0.2, 0) is 4.79 Å². The SMILES string of the molecule is NC(=S)CSCC(=O)Nc1ccccc1F. The Morgan fingerprint density at radius 2 is 2.12 bits per heavy atom. The van der Waals surface area contributed by atoms with Crippen LogP contribution in [0.5, 0.6) is 0 Å². The number of carbonyl (C=O) groups is 1. The van der Waals surface area contributed by atoms with E-state index in [0.29, 0.717) is 10.7 Å². The summed E-state index contributed by atoms with van der Waals surface area (Å²) in [4.78, 5) is 11.7. The molecule has 0 aromatic heterocycles. The maximum absolute atomic E-state index is 13.1. The summed E-state index contributed by atoms with van der Waals surface area (Å²) in [6.45, 7) is 0. The third kappa shape index (κ3) is 4.59. The van der Waals surface area contributed by atoms with Gasteiger partial charge in [0.2, 0.25) is 5.91 Å². The van der Waals surface area contributed by atoms with Crippen molar-refractivity contribution in [2.75, 3.05) is 16.8 Å². The van der Waals surface area contributed by atoms with Crippen LogP contribution < -0.4 is 11.1 Å². The van der Waals surface area contributed by atoms with Gasteiger partial charge in [-0.1, -0.05) is 24.4 Å². The largest absolute Gasteiger partial charge is 0.393 e. The Bertz CT molecular complexity index is 398. The Hall–Kier alpha value is -1.14. The molecule has 1 rings (SSSR count). The second-order valence-corrected chi connectivity index (χ2v) is 4.50. The third-order valence-corrected chi connectivity index (χ3v) is 2.93. The highest BCUT2D eigenvalue weighted by molar-refractivity contribution is 8.01. The predicted octanol–water partition coefficient (Wildman–Crippen LogP) is 1.78. The Morgan fingerprint density at radius 1 is 1.44 bits per heavy atom. The van der Waals surface area contributed by atoms with Gasteiger partial charge in [-0.3, -0.25) is 4.79 Å². The lowest BCUT2D eigenvalue weighted by atomic mass is 10.3. The van der Waals surface area contributed by atoms with Crippen LogP contribution >= 0.6 is 24.0 Å². The molecule has 0 fully saturated rings. The zero-order valence-corrected chi connectivity index (χ0v) is 10.0. The zero-order valence-electron chi connectivity index (χ0n) is 8.40. The number of anilines is 1. The number of carbonyl (C=O) groups excluding carboxylic acids is 1. The maximum atomic E-state index is 13.1. The summed E-state index contributed by atoms with van der Waals surface area (Å²) in [5, 5.41) is 2.47. The lowest BCUT2D eigenvalue weighted by Crippen LogP contribution is -2.17. The van der Waals surface area contributed by atoms with Gasteiger partial charge in [0.1, 0.15) is 5.82 Å². The second kappa shape index (κ2) is 6.44. The van der Waals surface area contributed by atoms with E-state index in [1.807, 2.05) is 0 Å². The molecule has 0 heterocycles. The fourth-order valence-corrected chi connectivity index (χ4v) is 1.80. The normalized spacial score (nSPS) is 9.81. The molecule has 3 N–H and O–H groups in total. The van der Waals surface area contributed by atoms with Crippen LogP contribution in [0.4, 0.5) is 10.1 Å². The number of hydrogen-bond donors (Lipinski definition) is 2. The molecule has 0 spiro atoms. The average Bonchev–Trinajstić information content (AvgIpc) is 2.21. The van der Waals surface area contributed by atoms with Gasteiger partial charge in [-0.15, -0.1) is 11.8 Å². The number of thioether (sulfide) groups is 1. The molecule has 1 amide bonds. The highest BCUT2D eigenvalue weighted by atomic mass is 32.2. The van der Waals surface area contributed by atoms with Gasteiger partial charge < -0.3 is 11.1 Å². The maximum Gasteiger partial charge on any atom is 0.234 e. The first kappa shape index (κ1) is 12.9. The van der Waals surface area contributed by atoms with E-state index in [1.165, 1.54) is 23.9 Å². The number of benzene rings is 1. The molecule has 0 atom stereocenters. The highest BCUT2D eigenvalue weighted by Gasteiger charge is 2.06. The second-order valence-electron chi connectivity index (χ2n) is 2.99. The summed E-state index contributed by atoms with van der Waals surface area (Å²) in [7, 11) is 0. The number of nitrogens with one attached hydrogen (secondary N) is 1. The van der Waals surface area contributed by atoms with E-state index in [9.17, 15) is 9.18 Å². The van der Waals surface area contributed by atoms with Crippen molar-refractivity contribution in [3.63, 3.8) is 0 Å². The number of halogens is 1. The molecular formula is C10H11FN2OS2. The zero-order chi connectivity index (χ0) is 12.0. The summed E-state index contributed by atoms with van der Waals surface area (Å²) in [5.74, 6) is -0.0762. The summed E-state index contributed by atoms with van der Waals surface area (Å²) in [5.41, 5.74) is 5.46. The van der Waals surface area contributed by atoms with Crippen LogP contribution in [-0.4, -0.2) is 22.4 Å². The lowest BCUT2D eigenvalue weighted by Gasteiger charge is -2.05. The summed E-state index contributed by atoms with van der Waals surface area (Å²) in [6.07, 6.45) is 0. The molecule has 6 heteroatoms. The third-order valence-electron chi connectivity index (χ3n) is 1.63. The first-order chi connectivity index (χ1) is 7.59. The van der Waals surface area contributed by atoms with E-state index >= 15 is 0 Å². The molecule has 0 aliphatic rings. The number of thiocarbonyl (C=S) groups is 1. The Labute approximate surface area is 103 Å². The average molecular weight is 258 g/mol. The fourth-order valence-electron chi connectivity index (χ4n) is 0.993. The predicted molar refractivity (Wildman–Crippen MR) is 69.1 cm³/mol. The first-order valence-electron chi connectivity index (χ1n) is 4.50. The number of amides is 1. The number of rotatable bonds is 5. The lowest BCUT2D eigenvalue weighted by molar-refractivity contribution is -0.113. The van der Waals surface area contributed by atoms with Gasteiger partial charge in [0.15, 0.2) is 0 Å². The molecule has 86 valence electrons. The quantitative estimate of drug-likeness (QED) is 0.791. The van der Waals surface area contributed by atoms with Crippen molar-refractivity contribution >= 4 is 40.6 Å². The standard InChI is InChI=1S/C10H11FN2OS2/c11-7-3-1-2-4-8(7)13-10(14)6-16-5-9(12)15/h1-4H,5-6H2,(H2,12,15)(H,13,14). The van der Waals surface area contributed by atoms with Gasteiger partial charge >= 0.3 is 0 Å². The summed E-state index contributed by atoms with van der Waals surface area (Å²) in [6, 6.07) is 6.01. The van der Waals surface area contributed by atoms with E-state index < -0.39 is 5.82 Å². The van der Waals surface area contributed by atoms with Crippen molar-refractivity contribution in [2.45, 2.75) is 0 Å². The van der Waals surface area contributed by atoms with Gasteiger partial charge in [-0.25, -0.2) is 4.39 Å². The Balaban J connectivity index is 2.40. The van der Waals surface area contributed by atoms with Crippen molar-refractivity contribution in [2.24, 2.45) is 5.73 Å². The molecular weight excluding hydrogens is 247 g/mol. The first-order valence-corrected chi connectivity index (χ1v) is 6.06. The minimum absolute atomic E-state index is 0.184. The van der Waals surface area contributed by atoms with Crippen LogP contribution in [0.25, 0.3) is 0 Å². The molecule has 1 aromatic rings. The number of hydrogen-bond acceptors (Lipinski definition) is 3. The molecule has 3 nitrogen and oxygen atoms in total. The minimum Gasteiger partial charge on any atom is -0.393 e. The van der Waals surface area contributed by atoms with Gasteiger partial charge in [0.05, 0.1) is 16.4 Å².